The summed E-state index contributed by atoms with van der Waals surface area (Å²) in [5, 5.41) is 24.1. The zero-order valence-corrected chi connectivity index (χ0v) is 9.77. The average molecular weight is 236 g/mol. The van der Waals surface area contributed by atoms with Crippen LogP contribution in [0, 0.1) is 17.0 Å². The number of nitrogens with zero attached hydrogens (tertiary/aromatic N) is 1. The molecule has 1 heterocycles. The van der Waals surface area contributed by atoms with Gasteiger partial charge < -0.3 is 10.4 Å². The van der Waals surface area contributed by atoms with Crippen molar-refractivity contribution in [1.82, 2.24) is 5.32 Å². The summed E-state index contributed by atoms with van der Waals surface area (Å²) in [4.78, 5) is 10.4. The highest BCUT2D eigenvalue weighted by Crippen LogP contribution is 2.25. The molecule has 0 amide bonds. The molecule has 0 saturated carbocycles. The van der Waals surface area contributed by atoms with Crippen LogP contribution in [-0.2, 0) is 6.42 Å². The molecule has 0 radical (unpaired) electrons. The van der Waals surface area contributed by atoms with E-state index < -0.39 is 5.60 Å². The first-order chi connectivity index (χ1) is 8.00. The Kier molecular flexibility index (Phi) is 3.13. The minimum absolute atomic E-state index is 0.122. The quantitative estimate of drug-likeness (QED) is 0.610. The highest BCUT2D eigenvalue weighted by Gasteiger charge is 2.31. The molecule has 1 aromatic carbocycles. The standard InChI is InChI=1S/C12H16N2O3/c1-9-2-3-10(6-11(9)14(16)17)7-12(15)4-5-13-8-12/h2-3,6,13,15H,4-5,7-8H2,1H3. The van der Waals surface area contributed by atoms with Crippen molar-refractivity contribution in [1.29, 1.82) is 0 Å². The molecule has 1 atom stereocenters. The van der Waals surface area contributed by atoms with Crippen molar-refractivity contribution in [2.75, 3.05) is 13.1 Å². The Bertz CT molecular complexity index is 439. The minimum Gasteiger partial charge on any atom is -0.388 e. The highest BCUT2D eigenvalue weighted by molar-refractivity contribution is 5.42. The van der Waals surface area contributed by atoms with E-state index in [2.05, 4.69) is 5.32 Å². The van der Waals surface area contributed by atoms with Gasteiger partial charge in [-0.25, -0.2) is 0 Å². The molecule has 0 spiro atoms. The minimum atomic E-state index is -0.761. The molecule has 1 saturated heterocycles. The van der Waals surface area contributed by atoms with Crippen LogP contribution in [0.15, 0.2) is 18.2 Å². The van der Waals surface area contributed by atoms with Gasteiger partial charge in [0.15, 0.2) is 0 Å². The molecule has 5 heteroatoms. The number of hydrogen-bond donors (Lipinski definition) is 2. The van der Waals surface area contributed by atoms with Crippen molar-refractivity contribution in [3.8, 4) is 0 Å². The summed E-state index contributed by atoms with van der Waals surface area (Å²) in [7, 11) is 0. The van der Waals surface area contributed by atoms with E-state index in [1.165, 1.54) is 0 Å². The lowest BCUT2D eigenvalue weighted by molar-refractivity contribution is -0.385. The third kappa shape index (κ3) is 2.62. The third-order valence-electron chi connectivity index (χ3n) is 3.22. The molecular weight excluding hydrogens is 220 g/mol. The first-order valence-electron chi connectivity index (χ1n) is 5.67. The molecule has 1 aliphatic rings. The lowest BCUT2D eigenvalue weighted by Gasteiger charge is -2.21. The van der Waals surface area contributed by atoms with Gasteiger partial charge in [0.25, 0.3) is 5.69 Å². The van der Waals surface area contributed by atoms with Crippen LogP contribution in [0.2, 0.25) is 0 Å². The Morgan fingerprint density at radius 3 is 2.94 bits per heavy atom. The average Bonchev–Trinajstić information content (AvgIpc) is 2.67. The Balaban J connectivity index is 2.22. The van der Waals surface area contributed by atoms with Gasteiger partial charge in [0.2, 0.25) is 0 Å². The van der Waals surface area contributed by atoms with E-state index in [4.69, 9.17) is 0 Å². The third-order valence-corrected chi connectivity index (χ3v) is 3.22. The van der Waals surface area contributed by atoms with Gasteiger partial charge in [-0.2, -0.15) is 0 Å². The van der Waals surface area contributed by atoms with Crippen LogP contribution in [0.25, 0.3) is 0 Å². The Hall–Kier alpha value is -1.46. The molecule has 17 heavy (non-hydrogen) atoms. The van der Waals surface area contributed by atoms with E-state index in [1.54, 1.807) is 19.1 Å². The first-order valence-corrected chi connectivity index (χ1v) is 5.67. The summed E-state index contributed by atoms with van der Waals surface area (Å²) in [6, 6.07) is 5.14. The highest BCUT2D eigenvalue weighted by atomic mass is 16.6. The van der Waals surface area contributed by atoms with E-state index in [9.17, 15) is 15.2 Å². The van der Waals surface area contributed by atoms with Gasteiger partial charge in [-0.3, -0.25) is 10.1 Å². The van der Waals surface area contributed by atoms with Crippen LogP contribution in [0.1, 0.15) is 17.5 Å². The Labute approximate surface area is 99.6 Å². The summed E-state index contributed by atoms with van der Waals surface area (Å²) in [6.45, 7) is 3.06. The SMILES string of the molecule is Cc1ccc(CC2(O)CCNC2)cc1[N+](=O)[O-]. The fourth-order valence-electron chi connectivity index (χ4n) is 2.22. The number of hydrogen-bond acceptors (Lipinski definition) is 4. The normalized spacial score (nSPS) is 23.9. The molecule has 0 bridgehead atoms. The Morgan fingerprint density at radius 1 is 1.59 bits per heavy atom. The predicted octanol–water partition coefficient (Wildman–Crippen LogP) is 1.17. The number of nitro benzene ring substituents is 1. The molecule has 2 rings (SSSR count). The molecular formula is C12H16N2O3. The van der Waals surface area contributed by atoms with Crippen molar-refractivity contribution in [3.63, 3.8) is 0 Å². The molecule has 0 aromatic heterocycles. The molecule has 5 nitrogen and oxygen atoms in total. The van der Waals surface area contributed by atoms with E-state index in [0.717, 1.165) is 12.1 Å². The smallest absolute Gasteiger partial charge is 0.272 e. The zero-order valence-electron chi connectivity index (χ0n) is 9.77. The summed E-state index contributed by atoms with van der Waals surface area (Å²) in [5.41, 5.74) is 0.823. The monoisotopic (exact) mass is 236 g/mol. The molecule has 0 aliphatic carbocycles. The summed E-state index contributed by atoms with van der Waals surface area (Å²) in [6.07, 6.45) is 1.15. The van der Waals surface area contributed by atoms with Gasteiger partial charge in [0, 0.05) is 24.6 Å². The molecule has 1 unspecified atom stereocenters. The van der Waals surface area contributed by atoms with E-state index in [1.807, 2.05) is 6.07 Å². The van der Waals surface area contributed by atoms with Crippen LogP contribution in [0.4, 0.5) is 5.69 Å². The van der Waals surface area contributed by atoms with Crippen molar-refractivity contribution in [2.45, 2.75) is 25.4 Å². The van der Waals surface area contributed by atoms with Crippen molar-refractivity contribution >= 4 is 5.69 Å². The zero-order chi connectivity index (χ0) is 12.5. The van der Waals surface area contributed by atoms with Crippen LogP contribution in [-0.4, -0.2) is 28.7 Å². The number of aryl methyl sites for hydroxylation is 1. The number of rotatable bonds is 3. The summed E-state index contributed by atoms with van der Waals surface area (Å²) >= 11 is 0. The van der Waals surface area contributed by atoms with Gasteiger partial charge in [0.05, 0.1) is 10.5 Å². The largest absolute Gasteiger partial charge is 0.388 e. The molecule has 1 aromatic rings. The van der Waals surface area contributed by atoms with Gasteiger partial charge in [0.1, 0.15) is 0 Å². The van der Waals surface area contributed by atoms with Gasteiger partial charge in [-0.05, 0) is 25.5 Å². The number of nitro groups is 1. The van der Waals surface area contributed by atoms with Crippen LogP contribution in [0.5, 0.6) is 0 Å². The number of aliphatic hydroxyl groups is 1. The Morgan fingerprint density at radius 2 is 2.35 bits per heavy atom. The second kappa shape index (κ2) is 4.43. The van der Waals surface area contributed by atoms with Crippen LogP contribution < -0.4 is 5.32 Å². The van der Waals surface area contributed by atoms with Crippen molar-refractivity contribution < 1.29 is 10.0 Å². The topological polar surface area (TPSA) is 75.4 Å². The van der Waals surface area contributed by atoms with Gasteiger partial charge >= 0.3 is 0 Å². The van der Waals surface area contributed by atoms with Crippen LogP contribution in [0.3, 0.4) is 0 Å². The van der Waals surface area contributed by atoms with Crippen LogP contribution >= 0.6 is 0 Å². The number of β-amino-alcohol motifs (C(OH)–C–C–N with tert-alkyl or cyclic N) is 1. The molecule has 92 valence electrons. The van der Waals surface area contributed by atoms with Crippen molar-refractivity contribution in [3.05, 3.63) is 39.4 Å². The predicted molar refractivity (Wildman–Crippen MR) is 64.0 cm³/mol. The maximum atomic E-state index is 10.8. The lowest BCUT2D eigenvalue weighted by Crippen LogP contribution is -2.33. The van der Waals surface area contributed by atoms with Gasteiger partial charge in [-0.15, -0.1) is 0 Å². The molecule has 1 fully saturated rings. The second-order valence-electron chi connectivity index (χ2n) is 4.71. The molecule has 2 N–H and O–H groups in total. The lowest BCUT2D eigenvalue weighted by atomic mass is 9.93. The summed E-state index contributed by atoms with van der Waals surface area (Å²) < 4.78 is 0. The van der Waals surface area contributed by atoms with Crippen molar-refractivity contribution in [2.24, 2.45) is 0 Å². The maximum absolute atomic E-state index is 10.8. The first kappa shape index (κ1) is 12.0. The van der Waals surface area contributed by atoms with E-state index in [0.29, 0.717) is 24.9 Å². The maximum Gasteiger partial charge on any atom is 0.272 e. The number of benzene rings is 1. The van der Waals surface area contributed by atoms with Gasteiger partial charge in [-0.1, -0.05) is 12.1 Å². The summed E-state index contributed by atoms with van der Waals surface area (Å²) in [5.74, 6) is 0. The fourth-order valence-corrected chi connectivity index (χ4v) is 2.22. The fraction of sp³-hybridized carbons (Fsp3) is 0.500. The second-order valence-corrected chi connectivity index (χ2v) is 4.71. The number of nitrogens with one attached hydrogen (secondary N) is 1. The van der Waals surface area contributed by atoms with E-state index >= 15 is 0 Å². The van der Waals surface area contributed by atoms with E-state index in [-0.39, 0.29) is 10.6 Å². The molecule has 1 aliphatic heterocycles.